The van der Waals surface area contributed by atoms with Crippen molar-refractivity contribution in [1.29, 1.82) is 0 Å². The van der Waals surface area contributed by atoms with E-state index in [1.54, 1.807) is 17.0 Å². The fraction of sp³-hybridized carbons (Fsp3) is 0.389. The van der Waals surface area contributed by atoms with Gasteiger partial charge in [0.05, 0.1) is 4.90 Å². The molecule has 25 heavy (non-hydrogen) atoms. The maximum atomic E-state index is 12.6. The van der Waals surface area contributed by atoms with Crippen LogP contribution in [0.15, 0.2) is 50.8 Å². The maximum Gasteiger partial charge on any atom is 0.289 e. The van der Waals surface area contributed by atoms with Gasteiger partial charge in [-0.2, -0.15) is 0 Å². The van der Waals surface area contributed by atoms with Gasteiger partial charge in [-0.05, 0) is 51.0 Å². The Kier molecular flexibility index (Phi) is 4.47. The second kappa shape index (κ2) is 6.31. The number of amides is 1. The number of hydrogen-bond acceptors (Lipinski definition) is 5. The number of carbonyl (C=O) groups is 1. The first-order valence-electron chi connectivity index (χ1n) is 8.19. The summed E-state index contributed by atoms with van der Waals surface area (Å²) in [6.45, 7) is 4.91. The van der Waals surface area contributed by atoms with Crippen molar-refractivity contribution >= 4 is 15.7 Å². The van der Waals surface area contributed by atoms with Crippen LogP contribution < -0.4 is 5.73 Å². The summed E-state index contributed by atoms with van der Waals surface area (Å²) in [5, 5.41) is -0.222. The number of furan rings is 1. The highest BCUT2D eigenvalue weighted by molar-refractivity contribution is 7.91. The van der Waals surface area contributed by atoms with Gasteiger partial charge in [-0.25, -0.2) is 8.42 Å². The predicted molar refractivity (Wildman–Crippen MR) is 93.1 cm³/mol. The van der Waals surface area contributed by atoms with Crippen LogP contribution in [0.4, 0.5) is 0 Å². The average Bonchev–Trinajstić information content (AvgIpc) is 3.05. The molecule has 1 aromatic carbocycles. The Morgan fingerprint density at radius 2 is 1.72 bits per heavy atom. The second-order valence-electron chi connectivity index (χ2n) is 6.88. The van der Waals surface area contributed by atoms with Crippen LogP contribution in [0.5, 0.6) is 0 Å². The predicted octanol–water partition coefficient (Wildman–Crippen LogP) is 2.37. The molecule has 0 spiro atoms. The molecule has 6 nitrogen and oxygen atoms in total. The summed E-state index contributed by atoms with van der Waals surface area (Å²) in [6, 6.07) is 9.25. The number of benzene rings is 1. The van der Waals surface area contributed by atoms with Gasteiger partial charge in [0.2, 0.25) is 14.9 Å². The number of likely N-dealkylation sites (tertiary alicyclic amines) is 1. The molecule has 0 unspecified atom stereocenters. The molecule has 2 aromatic rings. The lowest BCUT2D eigenvalue weighted by molar-refractivity contribution is 0.0643. The highest BCUT2D eigenvalue weighted by atomic mass is 32.2. The van der Waals surface area contributed by atoms with E-state index in [-0.39, 0.29) is 27.2 Å². The number of rotatable bonds is 3. The lowest BCUT2D eigenvalue weighted by Crippen LogP contribution is -2.49. The largest absolute Gasteiger partial charge is 0.439 e. The van der Waals surface area contributed by atoms with Crippen molar-refractivity contribution in [3.05, 3.63) is 47.7 Å². The summed E-state index contributed by atoms with van der Waals surface area (Å²) in [4.78, 5) is 14.3. The number of aryl methyl sites for hydroxylation is 1. The van der Waals surface area contributed by atoms with Crippen LogP contribution in [-0.4, -0.2) is 37.9 Å². The van der Waals surface area contributed by atoms with Crippen LogP contribution in [0.25, 0.3) is 0 Å². The lowest BCUT2D eigenvalue weighted by atomic mass is 9.91. The highest BCUT2D eigenvalue weighted by Gasteiger charge is 2.31. The molecule has 1 aliphatic rings. The van der Waals surface area contributed by atoms with Crippen molar-refractivity contribution in [3.8, 4) is 0 Å². The van der Waals surface area contributed by atoms with Crippen LogP contribution in [0.3, 0.4) is 0 Å². The topological polar surface area (TPSA) is 93.6 Å². The van der Waals surface area contributed by atoms with Crippen LogP contribution in [0, 0.1) is 6.92 Å². The molecule has 0 bridgehead atoms. The van der Waals surface area contributed by atoms with E-state index in [0.717, 1.165) is 5.56 Å². The van der Waals surface area contributed by atoms with Gasteiger partial charge in [0.25, 0.3) is 5.91 Å². The second-order valence-corrected chi connectivity index (χ2v) is 8.76. The molecule has 2 heterocycles. The van der Waals surface area contributed by atoms with Crippen molar-refractivity contribution in [2.24, 2.45) is 5.73 Å². The lowest BCUT2D eigenvalue weighted by Gasteiger charge is -2.36. The van der Waals surface area contributed by atoms with E-state index in [1.807, 2.05) is 13.8 Å². The molecular weight excluding hydrogens is 340 g/mol. The fourth-order valence-electron chi connectivity index (χ4n) is 2.79. The van der Waals surface area contributed by atoms with Crippen LogP contribution in [0.1, 0.15) is 35.9 Å². The molecular formula is C18H22N2O4S. The quantitative estimate of drug-likeness (QED) is 0.905. The Bertz CT molecular complexity index is 872. The first-order valence-corrected chi connectivity index (χ1v) is 9.67. The molecule has 2 N–H and O–H groups in total. The van der Waals surface area contributed by atoms with Gasteiger partial charge < -0.3 is 15.1 Å². The van der Waals surface area contributed by atoms with Crippen molar-refractivity contribution in [3.63, 3.8) is 0 Å². The number of sulfone groups is 1. The van der Waals surface area contributed by atoms with Crippen molar-refractivity contribution in [2.75, 3.05) is 13.1 Å². The molecule has 3 rings (SSSR count). The Morgan fingerprint density at radius 1 is 1.12 bits per heavy atom. The van der Waals surface area contributed by atoms with Gasteiger partial charge in [-0.15, -0.1) is 0 Å². The van der Waals surface area contributed by atoms with Crippen molar-refractivity contribution < 1.29 is 17.6 Å². The van der Waals surface area contributed by atoms with Gasteiger partial charge in [0.15, 0.2) is 5.76 Å². The Hall–Kier alpha value is -2.12. The summed E-state index contributed by atoms with van der Waals surface area (Å²) in [5.41, 5.74) is 6.77. The zero-order valence-electron chi connectivity index (χ0n) is 14.4. The number of nitrogens with zero attached hydrogens (tertiary/aromatic N) is 1. The summed E-state index contributed by atoms with van der Waals surface area (Å²) in [7, 11) is -3.78. The summed E-state index contributed by atoms with van der Waals surface area (Å²) < 4.78 is 30.6. The Labute approximate surface area is 147 Å². The van der Waals surface area contributed by atoms with Gasteiger partial charge in [0, 0.05) is 18.6 Å². The smallest absolute Gasteiger partial charge is 0.289 e. The first-order chi connectivity index (χ1) is 11.7. The molecule has 134 valence electrons. The Morgan fingerprint density at radius 3 is 2.32 bits per heavy atom. The monoisotopic (exact) mass is 362 g/mol. The van der Waals surface area contributed by atoms with Crippen molar-refractivity contribution in [1.82, 2.24) is 4.90 Å². The van der Waals surface area contributed by atoms with E-state index in [0.29, 0.717) is 25.9 Å². The minimum absolute atomic E-state index is 0.0336. The zero-order valence-corrected chi connectivity index (χ0v) is 15.2. The summed E-state index contributed by atoms with van der Waals surface area (Å²) in [6.07, 6.45) is 1.40. The van der Waals surface area contributed by atoms with Gasteiger partial charge in [0.1, 0.15) is 0 Å². The third-order valence-corrected chi connectivity index (χ3v) is 6.22. The van der Waals surface area contributed by atoms with E-state index >= 15 is 0 Å². The normalized spacial score (nSPS) is 17.5. The molecule has 1 amide bonds. The molecule has 0 saturated carbocycles. The molecule has 0 radical (unpaired) electrons. The van der Waals surface area contributed by atoms with Crippen LogP contribution >= 0.6 is 0 Å². The van der Waals surface area contributed by atoms with E-state index in [2.05, 4.69) is 0 Å². The molecule has 1 aliphatic heterocycles. The average molecular weight is 362 g/mol. The summed E-state index contributed by atoms with van der Waals surface area (Å²) >= 11 is 0. The first kappa shape index (κ1) is 17.7. The number of piperidine rings is 1. The van der Waals surface area contributed by atoms with Gasteiger partial charge >= 0.3 is 0 Å². The minimum Gasteiger partial charge on any atom is -0.439 e. The standard InChI is InChI=1S/C18H22N2O4S/c1-13-3-5-14(6-4-13)25(22,23)16-8-7-15(24-16)17(21)20-11-9-18(2,19)10-12-20/h3-8H,9-12,19H2,1-2H3. The Balaban J connectivity index is 1.80. The van der Waals surface area contributed by atoms with Crippen LogP contribution in [0.2, 0.25) is 0 Å². The molecule has 0 atom stereocenters. The molecule has 1 aromatic heterocycles. The molecule has 1 saturated heterocycles. The third-order valence-electron chi connectivity index (χ3n) is 4.58. The van der Waals surface area contributed by atoms with Crippen LogP contribution in [-0.2, 0) is 9.84 Å². The van der Waals surface area contributed by atoms with Gasteiger partial charge in [-0.1, -0.05) is 17.7 Å². The van der Waals surface area contributed by atoms with Crippen molar-refractivity contribution in [2.45, 2.75) is 42.2 Å². The van der Waals surface area contributed by atoms with E-state index in [1.165, 1.54) is 24.3 Å². The number of nitrogens with two attached hydrogens (primary N) is 1. The minimum atomic E-state index is -3.78. The number of carbonyl (C=O) groups excluding carboxylic acids is 1. The molecule has 0 aliphatic carbocycles. The SMILES string of the molecule is Cc1ccc(S(=O)(=O)c2ccc(C(=O)N3CCC(C)(N)CC3)o2)cc1. The van der Waals surface area contributed by atoms with E-state index < -0.39 is 9.84 Å². The zero-order chi connectivity index (χ0) is 18.2. The molecule has 7 heteroatoms. The van der Waals surface area contributed by atoms with Gasteiger partial charge in [-0.3, -0.25) is 4.79 Å². The fourth-order valence-corrected chi connectivity index (χ4v) is 3.96. The number of hydrogen-bond donors (Lipinski definition) is 1. The third kappa shape index (κ3) is 3.62. The summed E-state index contributed by atoms with van der Waals surface area (Å²) in [5.74, 6) is -0.271. The van der Waals surface area contributed by atoms with E-state index in [4.69, 9.17) is 10.2 Å². The maximum absolute atomic E-state index is 12.6. The molecule has 1 fully saturated rings. The van der Waals surface area contributed by atoms with E-state index in [9.17, 15) is 13.2 Å². The highest BCUT2D eigenvalue weighted by Crippen LogP contribution is 2.25.